The molecule has 1 fully saturated rings. The number of amides is 1. The van der Waals surface area contributed by atoms with E-state index in [2.05, 4.69) is 9.97 Å². The Bertz CT molecular complexity index is 1070. The van der Waals surface area contributed by atoms with Crippen LogP contribution in [0.25, 0.3) is 10.9 Å². The van der Waals surface area contributed by atoms with Crippen molar-refractivity contribution in [3.8, 4) is 11.5 Å². The smallest absolute Gasteiger partial charge is 0.258 e. The number of carbonyl (C=O) groups is 1. The Kier molecular flexibility index (Phi) is 5.97. The molecule has 0 aliphatic carbocycles. The number of aromatic amines is 1. The fourth-order valence-corrected chi connectivity index (χ4v) is 3.71. The number of nitrogens with one attached hydrogen (secondary N) is 1. The first kappa shape index (κ1) is 19.9. The summed E-state index contributed by atoms with van der Waals surface area (Å²) in [5, 5.41) is 0.562. The van der Waals surface area contributed by atoms with Gasteiger partial charge in [0.1, 0.15) is 23.4 Å². The highest BCUT2D eigenvalue weighted by molar-refractivity contribution is 5.78. The van der Waals surface area contributed by atoms with Crippen LogP contribution in [0.1, 0.15) is 25.1 Å². The predicted octanol–water partition coefficient (Wildman–Crippen LogP) is 2.93. The molecular weight excluding hydrogens is 382 g/mol. The van der Waals surface area contributed by atoms with E-state index in [-0.39, 0.29) is 17.6 Å². The van der Waals surface area contributed by atoms with Crippen LogP contribution < -0.4 is 15.0 Å². The highest BCUT2D eigenvalue weighted by Gasteiger charge is 2.24. The number of methoxy groups -OCH3 is 1. The van der Waals surface area contributed by atoms with Gasteiger partial charge in [-0.2, -0.15) is 0 Å². The molecule has 4 rings (SSSR count). The first-order valence-electron chi connectivity index (χ1n) is 10.2. The lowest BCUT2D eigenvalue weighted by molar-refractivity contribution is -0.133. The number of carbonyl (C=O) groups excluding carboxylic acids is 1. The van der Waals surface area contributed by atoms with E-state index in [0.29, 0.717) is 42.7 Å². The zero-order chi connectivity index (χ0) is 20.9. The van der Waals surface area contributed by atoms with E-state index in [1.807, 2.05) is 47.4 Å². The summed E-state index contributed by atoms with van der Waals surface area (Å²) in [6.07, 6.45) is 2.43. The molecule has 1 amide bonds. The molecule has 1 saturated heterocycles. The van der Waals surface area contributed by atoms with Crippen molar-refractivity contribution in [3.63, 3.8) is 0 Å². The third kappa shape index (κ3) is 4.62. The Morgan fingerprint density at radius 1 is 1.10 bits per heavy atom. The van der Waals surface area contributed by atoms with Crippen LogP contribution in [-0.4, -0.2) is 47.1 Å². The number of ether oxygens (including phenoxy) is 2. The second kappa shape index (κ2) is 8.98. The van der Waals surface area contributed by atoms with Crippen LogP contribution >= 0.6 is 0 Å². The number of H-pyrrole nitrogens is 1. The molecule has 2 heterocycles. The molecule has 7 heteroatoms. The SMILES string of the molecule is COc1ccc(OC2CCN(C(=O)CCc3nc4ccccc4c(=O)[nH]3)CC2)cc1. The Morgan fingerprint density at radius 3 is 2.53 bits per heavy atom. The van der Waals surface area contributed by atoms with Gasteiger partial charge < -0.3 is 19.4 Å². The van der Waals surface area contributed by atoms with E-state index in [9.17, 15) is 9.59 Å². The van der Waals surface area contributed by atoms with Crippen LogP contribution in [0.2, 0.25) is 0 Å². The number of fused-ring (bicyclic) bond motifs is 1. The predicted molar refractivity (Wildman–Crippen MR) is 114 cm³/mol. The van der Waals surface area contributed by atoms with Gasteiger partial charge in [0, 0.05) is 38.8 Å². The molecule has 0 radical (unpaired) electrons. The van der Waals surface area contributed by atoms with Gasteiger partial charge in [-0.1, -0.05) is 12.1 Å². The summed E-state index contributed by atoms with van der Waals surface area (Å²) >= 11 is 0. The van der Waals surface area contributed by atoms with Crippen molar-refractivity contribution in [2.24, 2.45) is 0 Å². The van der Waals surface area contributed by atoms with Crippen molar-refractivity contribution in [2.45, 2.75) is 31.8 Å². The van der Waals surface area contributed by atoms with Gasteiger partial charge in [0.15, 0.2) is 0 Å². The number of rotatable bonds is 6. The third-order valence-corrected chi connectivity index (χ3v) is 5.39. The Hall–Kier alpha value is -3.35. The highest BCUT2D eigenvalue weighted by atomic mass is 16.5. The summed E-state index contributed by atoms with van der Waals surface area (Å²) in [7, 11) is 1.64. The quantitative estimate of drug-likeness (QED) is 0.679. The average Bonchev–Trinajstić information content (AvgIpc) is 2.78. The number of benzene rings is 2. The molecule has 30 heavy (non-hydrogen) atoms. The van der Waals surface area contributed by atoms with E-state index < -0.39 is 0 Å². The zero-order valence-corrected chi connectivity index (χ0v) is 17.0. The van der Waals surface area contributed by atoms with Crippen LogP contribution in [0.5, 0.6) is 11.5 Å². The second-order valence-corrected chi connectivity index (χ2v) is 7.40. The first-order chi connectivity index (χ1) is 14.6. The summed E-state index contributed by atoms with van der Waals surface area (Å²) in [5.74, 6) is 2.23. The van der Waals surface area contributed by atoms with Gasteiger partial charge in [0.25, 0.3) is 5.56 Å². The molecule has 156 valence electrons. The molecule has 0 spiro atoms. The number of para-hydroxylation sites is 1. The average molecular weight is 407 g/mol. The molecule has 3 aromatic rings. The number of hydrogen-bond acceptors (Lipinski definition) is 5. The minimum absolute atomic E-state index is 0.0775. The van der Waals surface area contributed by atoms with Crippen molar-refractivity contribution in [1.82, 2.24) is 14.9 Å². The van der Waals surface area contributed by atoms with E-state index in [4.69, 9.17) is 9.47 Å². The lowest BCUT2D eigenvalue weighted by atomic mass is 10.1. The third-order valence-electron chi connectivity index (χ3n) is 5.39. The maximum absolute atomic E-state index is 12.6. The largest absolute Gasteiger partial charge is 0.497 e. The molecule has 1 aliphatic heterocycles. The number of nitrogens with zero attached hydrogens (tertiary/aromatic N) is 2. The molecule has 0 bridgehead atoms. The fraction of sp³-hybridized carbons (Fsp3) is 0.348. The van der Waals surface area contributed by atoms with E-state index >= 15 is 0 Å². The molecule has 0 atom stereocenters. The second-order valence-electron chi connectivity index (χ2n) is 7.40. The molecule has 0 unspecified atom stereocenters. The number of aryl methyl sites for hydroxylation is 1. The summed E-state index contributed by atoms with van der Waals surface area (Å²) in [6.45, 7) is 1.34. The summed E-state index contributed by atoms with van der Waals surface area (Å²) in [5.41, 5.74) is 0.486. The van der Waals surface area contributed by atoms with Gasteiger partial charge in [-0.05, 0) is 36.4 Å². The van der Waals surface area contributed by atoms with Gasteiger partial charge in [-0.3, -0.25) is 9.59 Å². The van der Waals surface area contributed by atoms with Gasteiger partial charge in [-0.25, -0.2) is 4.98 Å². The molecule has 7 nitrogen and oxygen atoms in total. The summed E-state index contributed by atoms with van der Waals surface area (Å²) < 4.78 is 11.2. The van der Waals surface area contributed by atoms with E-state index in [1.54, 1.807) is 13.2 Å². The maximum atomic E-state index is 12.6. The van der Waals surface area contributed by atoms with Crippen LogP contribution in [0, 0.1) is 0 Å². The molecule has 1 N–H and O–H groups in total. The molecule has 2 aromatic carbocycles. The van der Waals surface area contributed by atoms with Crippen LogP contribution in [0.4, 0.5) is 0 Å². The Morgan fingerprint density at radius 2 is 1.80 bits per heavy atom. The Labute approximate surface area is 174 Å². The van der Waals surface area contributed by atoms with Crippen molar-refractivity contribution in [1.29, 1.82) is 0 Å². The number of likely N-dealkylation sites (tertiary alicyclic amines) is 1. The fourth-order valence-electron chi connectivity index (χ4n) is 3.71. The van der Waals surface area contributed by atoms with Crippen molar-refractivity contribution in [3.05, 3.63) is 64.7 Å². The summed E-state index contributed by atoms with van der Waals surface area (Å²) in [6, 6.07) is 14.8. The van der Waals surface area contributed by atoms with Gasteiger partial charge in [0.05, 0.1) is 18.0 Å². The van der Waals surface area contributed by atoms with Crippen LogP contribution in [0.15, 0.2) is 53.3 Å². The zero-order valence-electron chi connectivity index (χ0n) is 17.0. The monoisotopic (exact) mass is 407 g/mol. The van der Waals surface area contributed by atoms with Crippen molar-refractivity contribution < 1.29 is 14.3 Å². The lowest BCUT2D eigenvalue weighted by Crippen LogP contribution is -2.41. The highest BCUT2D eigenvalue weighted by Crippen LogP contribution is 2.22. The first-order valence-corrected chi connectivity index (χ1v) is 10.2. The van der Waals surface area contributed by atoms with E-state index in [1.165, 1.54) is 0 Å². The minimum atomic E-state index is -0.167. The number of hydrogen-bond donors (Lipinski definition) is 1. The maximum Gasteiger partial charge on any atom is 0.258 e. The minimum Gasteiger partial charge on any atom is -0.497 e. The Balaban J connectivity index is 1.27. The van der Waals surface area contributed by atoms with E-state index in [0.717, 1.165) is 24.3 Å². The standard InChI is InChI=1S/C23H25N3O4/c1-29-16-6-8-17(9-7-16)30-18-12-14-26(15-13-18)22(27)11-10-21-24-20-5-3-2-4-19(20)23(28)25-21/h2-9,18H,10-15H2,1H3,(H,24,25,28). The topological polar surface area (TPSA) is 84.5 Å². The van der Waals surface area contributed by atoms with Crippen LogP contribution in [-0.2, 0) is 11.2 Å². The van der Waals surface area contributed by atoms with Crippen molar-refractivity contribution in [2.75, 3.05) is 20.2 Å². The number of piperidine rings is 1. The molecule has 0 saturated carbocycles. The van der Waals surface area contributed by atoms with Gasteiger partial charge in [0.2, 0.25) is 5.91 Å². The van der Waals surface area contributed by atoms with Crippen molar-refractivity contribution >= 4 is 16.8 Å². The molecule has 1 aromatic heterocycles. The molecule has 1 aliphatic rings. The van der Waals surface area contributed by atoms with Crippen LogP contribution in [0.3, 0.4) is 0 Å². The molecular formula is C23H25N3O4. The number of aromatic nitrogens is 2. The van der Waals surface area contributed by atoms with Gasteiger partial charge >= 0.3 is 0 Å². The lowest BCUT2D eigenvalue weighted by Gasteiger charge is -2.32. The van der Waals surface area contributed by atoms with Gasteiger partial charge in [-0.15, -0.1) is 0 Å². The normalized spacial score (nSPS) is 14.6. The summed E-state index contributed by atoms with van der Waals surface area (Å²) in [4.78, 5) is 33.9.